The Hall–Kier alpha value is -2.93. The molecule has 0 aliphatic carbocycles. The van der Waals surface area contributed by atoms with Crippen molar-refractivity contribution >= 4 is 11.6 Å². The maximum Gasteiger partial charge on any atom is 0.191 e. The number of aliphatic imine (C=N–C) groups is 1. The van der Waals surface area contributed by atoms with E-state index in [9.17, 15) is 0 Å². The van der Waals surface area contributed by atoms with Crippen LogP contribution in [0.25, 0.3) is 5.65 Å². The number of hydrogen-bond acceptors (Lipinski definition) is 4. The summed E-state index contributed by atoms with van der Waals surface area (Å²) in [5, 5.41) is 15.8. The van der Waals surface area contributed by atoms with Crippen molar-refractivity contribution in [2.75, 3.05) is 13.1 Å². The highest BCUT2D eigenvalue weighted by Crippen LogP contribution is 2.36. The van der Waals surface area contributed by atoms with Gasteiger partial charge < -0.3 is 10.6 Å². The molecule has 2 unspecified atom stereocenters. The summed E-state index contributed by atoms with van der Waals surface area (Å²) in [6.07, 6.45) is 8.87. The molecule has 2 N–H and O–H groups in total. The molecular formula is C26H35N7. The number of piperidine rings is 1. The number of hydrogen-bond donors (Lipinski definition) is 2. The van der Waals surface area contributed by atoms with Crippen molar-refractivity contribution in [2.45, 2.75) is 70.1 Å². The summed E-state index contributed by atoms with van der Waals surface area (Å²) in [6.45, 7) is 4.86. The fraction of sp³-hybridized carbons (Fsp3) is 0.500. The minimum Gasteiger partial charge on any atom is -0.357 e. The number of rotatable bonds is 8. The van der Waals surface area contributed by atoms with Gasteiger partial charge in [0.15, 0.2) is 11.6 Å². The van der Waals surface area contributed by atoms with Crippen LogP contribution in [0.3, 0.4) is 0 Å². The molecule has 2 saturated heterocycles. The van der Waals surface area contributed by atoms with Gasteiger partial charge in [0, 0.05) is 50.4 Å². The predicted octanol–water partition coefficient (Wildman–Crippen LogP) is 3.41. The molecule has 0 spiro atoms. The number of aryl methyl sites for hydroxylation is 1. The molecule has 2 fully saturated rings. The van der Waals surface area contributed by atoms with Crippen molar-refractivity contribution in [1.82, 2.24) is 30.1 Å². The minimum atomic E-state index is 0.493. The molecule has 5 rings (SSSR count). The Labute approximate surface area is 196 Å². The monoisotopic (exact) mass is 445 g/mol. The number of fused-ring (bicyclic) bond motifs is 3. The van der Waals surface area contributed by atoms with E-state index in [1.54, 1.807) is 0 Å². The normalized spacial score (nSPS) is 23.2. The first-order valence-corrected chi connectivity index (χ1v) is 12.4. The topological polar surface area (TPSA) is 69.8 Å². The van der Waals surface area contributed by atoms with Crippen molar-refractivity contribution in [3.63, 3.8) is 0 Å². The minimum absolute atomic E-state index is 0.493. The van der Waals surface area contributed by atoms with Gasteiger partial charge in [-0.15, -0.1) is 10.2 Å². The molecule has 0 saturated carbocycles. The van der Waals surface area contributed by atoms with Crippen LogP contribution in [0.1, 0.15) is 50.4 Å². The quantitative estimate of drug-likeness (QED) is 0.316. The van der Waals surface area contributed by atoms with Gasteiger partial charge in [0.2, 0.25) is 0 Å². The molecule has 7 heteroatoms. The smallest absolute Gasteiger partial charge is 0.191 e. The fourth-order valence-corrected chi connectivity index (χ4v) is 5.45. The second-order valence-corrected chi connectivity index (χ2v) is 9.26. The molecule has 1 aromatic carbocycles. The molecule has 7 nitrogen and oxygen atoms in total. The molecular weight excluding hydrogens is 410 g/mol. The van der Waals surface area contributed by atoms with Crippen LogP contribution in [0, 0.1) is 0 Å². The van der Waals surface area contributed by atoms with E-state index in [-0.39, 0.29) is 0 Å². The number of guanidine groups is 1. The Bertz CT molecular complexity index is 1050. The van der Waals surface area contributed by atoms with Gasteiger partial charge in [-0.05, 0) is 56.7 Å². The van der Waals surface area contributed by atoms with Crippen LogP contribution in [0.5, 0.6) is 0 Å². The zero-order chi connectivity index (χ0) is 22.5. The van der Waals surface area contributed by atoms with Gasteiger partial charge in [0.1, 0.15) is 5.82 Å². The first-order valence-electron chi connectivity index (χ1n) is 12.4. The highest BCUT2D eigenvalue weighted by Gasteiger charge is 2.40. The van der Waals surface area contributed by atoms with Gasteiger partial charge in [-0.1, -0.05) is 36.4 Å². The molecule has 2 aliphatic heterocycles. The lowest BCUT2D eigenvalue weighted by Crippen LogP contribution is -2.52. The van der Waals surface area contributed by atoms with E-state index in [0.29, 0.717) is 18.1 Å². The van der Waals surface area contributed by atoms with Crippen molar-refractivity contribution in [2.24, 2.45) is 4.99 Å². The summed E-state index contributed by atoms with van der Waals surface area (Å²) < 4.78 is 2.06. The van der Waals surface area contributed by atoms with Gasteiger partial charge in [0.05, 0.1) is 0 Å². The number of benzene rings is 1. The Morgan fingerprint density at radius 2 is 1.82 bits per heavy atom. The van der Waals surface area contributed by atoms with E-state index in [2.05, 4.69) is 67.4 Å². The standard InChI is InChI=1S/C26H35N7/c1-2-27-26(28-15-8-12-25-31-30-24-11-6-7-16-32(24)25)29-21-17-22-13-14-23(18-21)33(22)19-20-9-4-3-5-10-20/h3-7,9-11,16,21-23H,2,8,12-15,17-19H2,1H3,(H2,27,28,29). The lowest BCUT2D eigenvalue weighted by Gasteiger charge is -2.39. The van der Waals surface area contributed by atoms with E-state index >= 15 is 0 Å². The van der Waals surface area contributed by atoms with E-state index in [4.69, 9.17) is 4.99 Å². The van der Waals surface area contributed by atoms with Gasteiger partial charge in [-0.3, -0.25) is 14.3 Å². The van der Waals surface area contributed by atoms with E-state index < -0.39 is 0 Å². The summed E-state index contributed by atoms with van der Waals surface area (Å²) in [5.74, 6) is 1.95. The van der Waals surface area contributed by atoms with Crippen molar-refractivity contribution in [3.05, 3.63) is 66.1 Å². The van der Waals surface area contributed by atoms with E-state index in [0.717, 1.165) is 49.9 Å². The molecule has 2 aromatic heterocycles. The van der Waals surface area contributed by atoms with Crippen LogP contribution < -0.4 is 10.6 Å². The molecule has 33 heavy (non-hydrogen) atoms. The van der Waals surface area contributed by atoms with E-state index in [1.165, 1.54) is 31.2 Å². The summed E-state index contributed by atoms with van der Waals surface area (Å²) in [5.41, 5.74) is 2.33. The Morgan fingerprint density at radius 1 is 1.03 bits per heavy atom. The molecule has 0 amide bonds. The summed E-state index contributed by atoms with van der Waals surface area (Å²) in [4.78, 5) is 7.60. The van der Waals surface area contributed by atoms with Crippen LogP contribution in [0.2, 0.25) is 0 Å². The number of aromatic nitrogens is 3. The summed E-state index contributed by atoms with van der Waals surface area (Å²) in [7, 11) is 0. The first kappa shape index (κ1) is 21.9. The zero-order valence-electron chi connectivity index (χ0n) is 19.5. The highest BCUT2D eigenvalue weighted by molar-refractivity contribution is 5.80. The van der Waals surface area contributed by atoms with Gasteiger partial charge in [-0.25, -0.2) is 0 Å². The van der Waals surface area contributed by atoms with Crippen LogP contribution in [0.4, 0.5) is 0 Å². The summed E-state index contributed by atoms with van der Waals surface area (Å²) in [6, 6.07) is 18.7. The third-order valence-corrected chi connectivity index (χ3v) is 6.99. The van der Waals surface area contributed by atoms with Crippen molar-refractivity contribution < 1.29 is 0 Å². The fourth-order valence-electron chi connectivity index (χ4n) is 5.45. The molecule has 0 radical (unpaired) electrons. The lowest BCUT2D eigenvalue weighted by molar-refractivity contribution is 0.114. The second-order valence-electron chi connectivity index (χ2n) is 9.26. The third kappa shape index (κ3) is 5.19. The number of nitrogens with zero attached hydrogens (tertiary/aromatic N) is 5. The third-order valence-electron chi connectivity index (χ3n) is 6.99. The predicted molar refractivity (Wildman–Crippen MR) is 132 cm³/mol. The lowest BCUT2D eigenvalue weighted by atomic mass is 9.96. The molecule has 4 heterocycles. The molecule has 2 bridgehead atoms. The maximum absolute atomic E-state index is 4.87. The van der Waals surface area contributed by atoms with Crippen molar-refractivity contribution in [1.29, 1.82) is 0 Å². The Balaban J connectivity index is 1.14. The van der Waals surface area contributed by atoms with Crippen LogP contribution in [0.15, 0.2) is 59.7 Å². The molecule has 174 valence electrons. The SMILES string of the molecule is CCNC(=NCCCc1nnc2ccccn12)NC1CC2CCC(C1)N2Cc1ccccc1. The molecule has 2 atom stereocenters. The molecule has 3 aromatic rings. The Kier molecular flexibility index (Phi) is 6.86. The second kappa shape index (κ2) is 10.3. The average Bonchev–Trinajstić information content (AvgIpc) is 3.34. The van der Waals surface area contributed by atoms with Gasteiger partial charge in [-0.2, -0.15) is 0 Å². The number of nitrogens with one attached hydrogen (secondary N) is 2. The molecule has 2 aliphatic rings. The van der Waals surface area contributed by atoms with Crippen molar-refractivity contribution in [3.8, 4) is 0 Å². The summed E-state index contributed by atoms with van der Waals surface area (Å²) >= 11 is 0. The average molecular weight is 446 g/mol. The maximum atomic E-state index is 4.87. The van der Waals surface area contributed by atoms with Crippen LogP contribution in [-0.2, 0) is 13.0 Å². The Morgan fingerprint density at radius 3 is 2.61 bits per heavy atom. The van der Waals surface area contributed by atoms with Crippen LogP contribution in [-0.4, -0.2) is 56.7 Å². The van der Waals surface area contributed by atoms with Gasteiger partial charge in [0.25, 0.3) is 0 Å². The van der Waals surface area contributed by atoms with E-state index in [1.807, 2.05) is 24.4 Å². The largest absolute Gasteiger partial charge is 0.357 e. The highest BCUT2D eigenvalue weighted by atomic mass is 15.3. The first-order chi connectivity index (χ1) is 16.3. The number of pyridine rings is 1. The zero-order valence-corrected chi connectivity index (χ0v) is 19.5. The van der Waals surface area contributed by atoms with Crippen LogP contribution >= 0.6 is 0 Å². The van der Waals surface area contributed by atoms with Gasteiger partial charge >= 0.3 is 0 Å².